The van der Waals surface area contributed by atoms with Gasteiger partial charge in [-0.1, -0.05) is 11.6 Å². The highest BCUT2D eigenvalue weighted by atomic mass is 35.5. The van der Waals surface area contributed by atoms with E-state index < -0.39 is 0 Å². The topological polar surface area (TPSA) is 34.4 Å². The van der Waals surface area contributed by atoms with Gasteiger partial charge in [-0.3, -0.25) is 0 Å². The Labute approximate surface area is 111 Å². The maximum absolute atomic E-state index is 6.51. The van der Waals surface area contributed by atoms with Crippen LogP contribution in [0.5, 0.6) is 5.75 Å². The second-order valence-electron chi connectivity index (χ2n) is 4.73. The zero-order valence-electron chi connectivity index (χ0n) is 10.5. The molecule has 1 unspecified atom stereocenters. The minimum absolute atomic E-state index is 0.325. The molecule has 96 valence electrons. The summed E-state index contributed by atoms with van der Waals surface area (Å²) in [6.07, 6.45) is 2.30. The molecule has 3 nitrogen and oxygen atoms in total. The molecule has 1 aromatic heterocycles. The minimum Gasteiger partial charge on any atom is -0.493 e. The Kier molecular flexibility index (Phi) is 2.96. The molecule has 0 spiro atoms. The molecule has 1 aromatic carbocycles. The molecule has 1 atom stereocenters. The fraction of sp³-hybridized carbons (Fsp3) is 0.429. The van der Waals surface area contributed by atoms with Gasteiger partial charge >= 0.3 is 0 Å². The number of hydrogen-bond donors (Lipinski definition) is 1. The lowest BCUT2D eigenvalue weighted by Crippen LogP contribution is -2.13. The first kappa shape index (κ1) is 11.9. The largest absolute Gasteiger partial charge is 0.493 e. The van der Waals surface area contributed by atoms with Gasteiger partial charge in [0.05, 0.1) is 12.1 Å². The summed E-state index contributed by atoms with van der Waals surface area (Å²) in [6.45, 7) is 2.97. The molecule has 0 bridgehead atoms. The van der Waals surface area contributed by atoms with E-state index in [-0.39, 0.29) is 0 Å². The molecular weight excluding hydrogens is 250 g/mol. The number of benzene rings is 1. The zero-order valence-corrected chi connectivity index (χ0v) is 11.3. The predicted molar refractivity (Wildman–Crippen MR) is 72.5 cm³/mol. The van der Waals surface area contributed by atoms with Gasteiger partial charge in [0.25, 0.3) is 0 Å². The third-order valence-corrected chi connectivity index (χ3v) is 3.93. The van der Waals surface area contributed by atoms with Gasteiger partial charge in [0.2, 0.25) is 0 Å². The van der Waals surface area contributed by atoms with E-state index in [4.69, 9.17) is 20.8 Å². The standard InChI is InChI=1S/C14H16ClNO2/c1-8-6-10-13(15)9(11-4-3-5-16-11)7-12(17-2)14(10)18-8/h6-7,11,16H,3-5H2,1-2H3. The Balaban J connectivity index is 2.22. The van der Waals surface area contributed by atoms with Crippen molar-refractivity contribution in [3.8, 4) is 5.75 Å². The average molecular weight is 266 g/mol. The number of hydrogen-bond acceptors (Lipinski definition) is 3. The fourth-order valence-corrected chi connectivity index (χ4v) is 2.97. The van der Waals surface area contributed by atoms with E-state index in [1.165, 1.54) is 6.42 Å². The second kappa shape index (κ2) is 4.48. The molecule has 1 N–H and O–H groups in total. The first-order valence-corrected chi connectivity index (χ1v) is 6.58. The van der Waals surface area contributed by atoms with E-state index in [1.54, 1.807) is 7.11 Å². The summed E-state index contributed by atoms with van der Waals surface area (Å²) >= 11 is 6.51. The van der Waals surface area contributed by atoms with Crippen LogP contribution in [0.4, 0.5) is 0 Å². The quantitative estimate of drug-likeness (QED) is 0.896. The smallest absolute Gasteiger partial charge is 0.177 e. The lowest BCUT2D eigenvalue weighted by Gasteiger charge is -2.14. The van der Waals surface area contributed by atoms with E-state index in [0.717, 1.165) is 46.0 Å². The normalized spacial score (nSPS) is 19.6. The molecule has 0 saturated carbocycles. The van der Waals surface area contributed by atoms with Crippen LogP contribution in [0, 0.1) is 6.92 Å². The minimum atomic E-state index is 0.325. The van der Waals surface area contributed by atoms with E-state index >= 15 is 0 Å². The number of rotatable bonds is 2. The first-order chi connectivity index (χ1) is 8.70. The van der Waals surface area contributed by atoms with E-state index in [2.05, 4.69) is 5.32 Å². The second-order valence-corrected chi connectivity index (χ2v) is 5.11. The first-order valence-electron chi connectivity index (χ1n) is 6.20. The van der Waals surface area contributed by atoms with Crippen LogP contribution in [-0.4, -0.2) is 13.7 Å². The number of nitrogens with one attached hydrogen (secondary N) is 1. The molecule has 1 aliphatic rings. The number of halogens is 1. The van der Waals surface area contributed by atoms with E-state index in [0.29, 0.717) is 6.04 Å². The molecule has 18 heavy (non-hydrogen) atoms. The molecule has 1 saturated heterocycles. The Morgan fingerprint density at radius 2 is 2.28 bits per heavy atom. The SMILES string of the molecule is COc1cc(C2CCCN2)c(Cl)c2cc(C)oc12. The number of furan rings is 1. The van der Waals surface area contributed by atoms with Crippen molar-refractivity contribution in [2.75, 3.05) is 13.7 Å². The van der Waals surface area contributed by atoms with Gasteiger partial charge in [-0.05, 0) is 44.0 Å². The zero-order chi connectivity index (χ0) is 12.7. The van der Waals surface area contributed by atoms with Crippen molar-refractivity contribution in [3.05, 3.63) is 28.5 Å². The summed E-state index contributed by atoms with van der Waals surface area (Å²) in [6, 6.07) is 4.29. The number of aryl methyl sites for hydroxylation is 1. The summed E-state index contributed by atoms with van der Waals surface area (Å²) in [5.41, 5.74) is 1.85. The molecule has 3 rings (SSSR count). The van der Waals surface area contributed by atoms with Gasteiger partial charge in [-0.25, -0.2) is 0 Å². The summed E-state index contributed by atoms with van der Waals surface area (Å²) in [5.74, 6) is 1.60. The number of ether oxygens (including phenoxy) is 1. The average Bonchev–Trinajstić information content (AvgIpc) is 2.98. The maximum atomic E-state index is 6.51. The van der Waals surface area contributed by atoms with Crippen LogP contribution in [0.25, 0.3) is 11.0 Å². The van der Waals surface area contributed by atoms with Crippen LogP contribution >= 0.6 is 11.6 Å². The van der Waals surface area contributed by atoms with Gasteiger partial charge in [0, 0.05) is 11.4 Å². The molecule has 0 amide bonds. The van der Waals surface area contributed by atoms with Crippen molar-refractivity contribution in [2.24, 2.45) is 0 Å². The van der Waals surface area contributed by atoms with Gasteiger partial charge in [-0.15, -0.1) is 0 Å². The Hall–Kier alpha value is -1.19. The van der Waals surface area contributed by atoms with Crippen LogP contribution in [-0.2, 0) is 0 Å². The van der Waals surface area contributed by atoms with Crippen molar-refractivity contribution < 1.29 is 9.15 Å². The summed E-state index contributed by atoms with van der Waals surface area (Å²) in [5, 5.41) is 5.19. The maximum Gasteiger partial charge on any atom is 0.177 e. The molecule has 2 heterocycles. The Morgan fingerprint density at radius 1 is 1.44 bits per heavy atom. The van der Waals surface area contributed by atoms with Crippen molar-refractivity contribution in [1.29, 1.82) is 0 Å². The van der Waals surface area contributed by atoms with Crippen LogP contribution in [0.1, 0.15) is 30.2 Å². The van der Waals surface area contributed by atoms with Crippen LogP contribution < -0.4 is 10.1 Å². The lowest BCUT2D eigenvalue weighted by molar-refractivity contribution is 0.407. The highest BCUT2D eigenvalue weighted by Crippen LogP contribution is 2.40. The van der Waals surface area contributed by atoms with Gasteiger partial charge in [-0.2, -0.15) is 0 Å². The van der Waals surface area contributed by atoms with Crippen molar-refractivity contribution in [3.63, 3.8) is 0 Å². The molecule has 1 fully saturated rings. The number of methoxy groups -OCH3 is 1. The predicted octanol–water partition coefficient (Wildman–Crippen LogP) is 3.83. The van der Waals surface area contributed by atoms with Crippen molar-refractivity contribution in [2.45, 2.75) is 25.8 Å². The van der Waals surface area contributed by atoms with E-state index in [1.807, 2.05) is 19.1 Å². The Bertz CT molecular complexity index is 585. The Morgan fingerprint density at radius 3 is 2.94 bits per heavy atom. The van der Waals surface area contributed by atoms with Gasteiger partial charge in [0.1, 0.15) is 5.76 Å². The molecule has 0 aliphatic carbocycles. The summed E-state index contributed by atoms with van der Waals surface area (Å²) < 4.78 is 11.1. The molecule has 2 aromatic rings. The fourth-order valence-electron chi connectivity index (χ4n) is 2.64. The van der Waals surface area contributed by atoms with Crippen LogP contribution in [0.3, 0.4) is 0 Å². The molecule has 1 aliphatic heterocycles. The van der Waals surface area contributed by atoms with Gasteiger partial charge < -0.3 is 14.5 Å². The monoisotopic (exact) mass is 265 g/mol. The van der Waals surface area contributed by atoms with Crippen molar-refractivity contribution in [1.82, 2.24) is 5.32 Å². The highest BCUT2D eigenvalue weighted by molar-refractivity contribution is 6.36. The van der Waals surface area contributed by atoms with E-state index in [9.17, 15) is 0 Å². The van der Waals surface area contributed by atoms with Crippen LogP contribution in [0.15, 0.2) is 16.5 Å². The van der Waals surface area contributed by atoms with Crippen LogP contribution in [0.2, 0.25) is 5.02 Å². The molecular formula is C14H16ClNO2. The lowest BCUT2D eigenvalue weighted by atomic mass is 10.0. The number of fused-ring (bicyclic) bond motifs is 1. The molecule has 4 heteroatoms. The third kappa shape index (κ3) is 1.78. The summed E-state index contributed by atoms with van der Waals surface area (Å²) in [4.78, 5) is 0. The van der Waals surface area contributed by atoms with Crippen molar-refractivity contribution >= 4 is 22.6 Å². The van der Waals surface area contributed by atoms with Gasteiger partial charge in [0.15, 0.2) is 11.3 Å². The molecule has 0 radical (unpaired) electrons. The third-order valence-electron chi connectivity index (χ3n) is 3.51. The summed E-state index contributed by atoms with van der Waals surface area (Å²) in [7, 11) is 1.66. The highest BCUT2D eigenvalue weighted by Gasteiger charge is 2.23.